The van der Waals surface area contributed by atoms with Gasteiger partial charge in [0.25, 0.3) is 0 Å². The van der Waals surface area contributed by atoms with Gasteiger partial charge >= 0.3 is 12.4 Å². The Bertz CT molecular complexity index is 741. The van der Waals surface area contributed by atoms with Gasteiger partial charge in [0.05, 0.1) is 5.50 Å². The molecule has 0 bridgehead atoms. The van der Waals surface area contributed by atoms with Crippen LogP contribution in [0.25, 0.3) is 5.57 Å². The highest BCUT2D eigenvalue weighted by Gasteiger charge is 2.39. The molecular formula is C15H19BF7N5O. The van der Waals surface area contributed by atoms with Crippen LogP contribution in [0.2, 0.25) is 0 Å². The van der Waals surface area contributed by atoms with Crippen LogP contribution in [0.15, 0.2) is 5.83 Å². The van der Waals surface area contributed by atoms with Crippen LogP contribution >= 0.6 is 0 Å². The van der Waals surface area contributed by atoms with E-state index in [4.69, 9.17) is 0 Å². The number of hydrogen-bond donors (Lipinski definition) is 3. The first-order valence-corrected chi connectivity index (χ1v) is 8.65. The highest BCUT2D eigenvalue weighted by molar-refractivity contribution is 6.17. The van der Waals surface area contributed by atoms with E-state index in [-0.39, 0.29) is 18.4 Å². The van der Waals surface area contributed by atoms with E-state index < -0.39 is 53.5 Å². The van der Waals surface area contributed by atoms with Crippen molar-refractivity contribution in [1.29, 1.82) is 0 Å². The van der Waals surface area contributed by atoms with Crippen LogP contribution in [0.3, 0.4) is 0 Å². The van der Waals surface area contributed by atoms with Gasteiger partial charge in [-0.2, -0.15) is 41.3 Å². The van der Waals surface area contributed by atoms with Gasteiger partial charge in [-0.3, -0.25) is 0 Å². The van der Waals surface area contributed by atoms with Crippen LogP contribution in [0, 0.1) is 0 Å². The molecule has 29 heavy (non-hydrogen) atoms. The molecular weight excluding hydrogens is 410 g/mol. The first-order chi connectivity index (χ1) is 13.1. The predicted molar refractivity (Wildman–Crippen MR) is 93.5 cm³/mol. The van der Waals surface area contributed by atoms with E-state index in [9.17, 15) is 35.8 Å². The second-order valence-electron chi connectivity index (χ2n) is 7.04. The third-order valence-electron chi connectivity index (χ3n) is 4.41. The lowest BCUT2D eigenvalue weighted by molar-refractivity contribution is -0.139. The molecule has 0 saturated heterocycles. The van der Waals surface area contributed by atoms with Crippen LogP contribution in [0.5, 0.6) is 0 Å². The van der Waals surface area contributed by atoms with E-state index in [2.05, 4.69) is 15.0 Å². The van der Waals surface area contributed by atoms with E-state index >= 15 is 0 Å². The fourth-order valence-electron chi connectivity index (χ4n) is 2.55. The molecule has 0 spiro atoms. The largest absolute Gasteiger partial charge is 0.408 e. The minimum absolute atomic E-state index is 0.0501. The molecule has 0 saturated carbocycles. The summed E-state index contributed by atoms with van der Waals surface area (Å²) in [5.74, 6) is -2.80. The van der Waals surface area contributed by atoms with Crippen molar-refractivity contribution in [2.24, 2.45) is 0 Å². The van der Waals surface area contributed by atoms with Crippen molar-refractivity contribution < 1.29 is 35.8 Å². The van der Waals surface area contributed by atoms with Crippen molar-refractivity contribution in [2.45, 2.75) is 63.0 Å². The molecule has 0 amide bonds. The quantitative estimate of drug-likeness (QED) is 0.494. The molecule has 162 valence electrons. The molecule has 0 unspecified atom stereocenters. The van der Waals surface area contributed by atoms with Crippen molar-refractivity contribution in [3.05, 3.63) is 11.7 Å². The fraction of sp³-hybridized carbons (Fsp3) is 0.667. The molecule has 0 radical (unpaired) electrons. The third-order valence-corrected chi connectivity index (χ3v) is 4.41. The first kappa shape index (κ1) is 23.2. The number of aliphatic hydroxyl groups is 1. The molecule has 6 nitrogen and oxygen atoms in total. The number of nitrogens with zero attached hydrogens (tertiary/aromatic N) is 3. The van der Waals surface area contributed by atoms with Gasteiger partial charge < -0.3 is 15.7 Å². The number of alkyl halides is 6. The summed E-state index contributed by atoms with van der Waals surface area (Å²) in [4.78, 5) is 11.0. The molecule has 3 N–H and O–H groups in total. The highest BCUT2D eigenvalue weighted by atomic mass is 19.4. The van der Waals surface area contributed by atoms with E-state index in [0.717, 1.165) is 13.8 Å². The van der Waals surface area contributed by atoms with Crippen molar-refractivity contribution in [3.63, 3.8) is 0 Å². The Labute approximate surface area is 162 Å². The fourth-order valence-corrected chi connectivity index (χ4v) is 2.55. The normalized spacial score (nSPS) is 23.0. The van der Waals surface area contributed by atoms with Crippen LogP contribution in [0.4, 0.5) is 42.6 Å². The maximum Gasteiger partial charge on any atom is 0.408 e. The van der Waals surface area contributed by atoms with E-state index in [1.807, 2.05) is 10.6 Å². The number of anilines is 2. The molecule has 0 aromatic carbocycles. The Morgan fingerprint density at radius 3 is 1.83 bits per heavy atom. The maximum atomic E-state index is 14.6. The second-order valence-corrected chi connectivity index (χ2v) is 7.04. The van der Waals surface area contributed by atoms with Crippen LogP contribution < -0.4 is 10.6 Å². The van der Waals surface area contributed by atoms with Gasteiger partial charge in [-0.05, 0) is 33.1 Å². The summed E-state index contributed by atoms with van der Waals surface area (Å²) in [7, 11) is 1.21. The molecule has 0 fully saturated rings. The first-order valence-electron chi connectivity index (χ1n) is 8.65. The summed E-state index contributed by atoms with van der Waals surface area (Å²) in [6.45, 7) is 1.53. The van der Waals surface area contributed by atoms with Crippen LogP contribution in [0.1, 0.15) is 38.9 Å². The topological polar surface area (TPSA) is 83.0 Å². The molecule has 1 aliphatic carbocycles. The Morgan fingerprint density at radius 1 is 0.966 bits per heavy atom. The lowest BCUT2D eigenvalue weighted by Crippen LogP contribution is -2.36. The highest BCUT2D eigenvalue weighted by Crippen LogP contribution is 2.37. The van der Waals surface area contributed by atoms with Crippen molar-refractivity contribution in [1.82, 2.24) is 15.0 Å². The summed E-state index contributed by atoms with van der Waals surface area (Å²) in [5, 5.41) is 14.0. The van der Waals surface area contributed by atoms with E-state index in [0.29, 0.717) is 6.42 Å². The molecule has 1 heterocycles. The third kappa shape index (κ3) is 5.70. The summed E-state index contributed by atoms with van der Waals surface area (Å²) in [5.41, 5.74) is -2.03. The summed E-state index contributed by atoms with van der Waals surface area (Å²) >= 11 is 0. The molecule has 14 heteroatoms. The van der Waals surface area contributed by atoms with Gasteiger partial charge in [0, 0.05) is 5.57 Å². The minimum Gasteiger partial charge on any atom is -0.392 e. The number of halogens is 7. The maximum absolute atomic E-state index is 14.6. The predicted octanol–water partition coefficient (Wildman–Crippen LogP) is 2.78. The Balaban J connectivity index is 2.50. The number of allylic oxidation sites excluding steroid dienone is 1. The number of nitrogens with one attached hydrogen (secondary N) is 2. The SMILES string of the molecule is B[C@@]1(O)CCCC(c2nc(N[C@H](C)C(F)(F)F)nc(N[C@H](C)C(F)(F)F)n2)=C1F. The molecule has 1 aromatic rings. The zero-order valence-corrected chi connectivity index (χ0v) is 15.7. The molecule has 2 rings (SSSR count). The zero-order chi connectivity index (χ0) is 22.2. The van der Waals surface area contributed by atoms with Crippen LogP contribution in [-0.2, 0) is 0 Å². The van der Waals surface area contributed by atoms with Gasteiger partial charge in [0.2, 0.25) is 11.9 Å². The average Bonchev–Trinajstić information content (AvgIpc) is 2.55. The minimum atomic E-state index is -4.68. The second kappa shape index (κ2) is 7.96. The van der Waals surface area contributed by atoms with Gasteiger partial charge in [-0.15, -0.1) is 0 Å². The number of aromatic nitrogens is 3. The van der Waals surface area contributed by atoms with Gasteiger partial charge in [-0.1, -0.05) is 0 Å². The Hall–Kier alpha value is -2.12. The lowest BCUT2D eigenvalue weighted by atomic mass is 9.71. The van der Waals surface area contributed by atoms with E-state index in [1.165, 1.54) is 7.85 Å². The van der Waals surface area contributed by atoms with Gasteiger partial charge in [0.1, 0.15) is 17.9 Å². The number of hydrogen-bond acceptors (Lipinski definition) is 6. The zero-order valence-electron chi connectivity index (χ0n) is 15.7. The monoisotopic (exact) mass is 429 g/mol. The number of rotatable bonds is 5. The molecule has 1 aromatic heterocycles. The Morgan fingerprint density at radius 2 is 1.41 bits per heavy atom. The lowest BCUT2D eigenvalue weighted by Gasteiger charge is -2.28. The standard InChI is InChI=1S/C15H19BF7N5O/c1-6(14(18,19)20)24-11-26-10(8-4-3-5-13(16,29)9(8)17)27-12(28-11)25-7(2)15(21,22)23/h6-7,29H,3-5,16H2,1-2H3,(H2,24,25,26,27,28)/t6-,7-,13-/m1/s1. The average molecular weight is 429 g/mol. The molecule has 3 atom stereocenters. The van der Waals surface area contributed by atoms with Crippen LogP contribution in [-0.4, -0.2) is 57.8 Å². The summed E-state index contributed by atoms with van der Waals surface area (Å²) in [6.07, 6.45) is -8.89. The van der Waals surface area contributed by atoms with Gasteiger partial charge in [-0.25, -0.2) is 4.39 Å². The Kier molecular flexibility index (Phi) is 6.36. The molecule has 0 aliphatic heterocycles. The van der Waals surface area contributed by atoms with Crippen molar-refractivity contribution >= 4 is 25.3 Å². The van der Waals surface area contributed by atoms with E-state index in [1.54, 1.807) is 0 Å². The summed E-state index contributed by atoms with van der Waals surface area (Å²) in [6, 6.07) is -4.25. The summed E-state index contributed by atoms with van der Waals surface area (Å²) < 4.78 is 91.5. The van der Waals surface area contributed by atoms with Crippen molar-refractivity contribution in [3.8, 4) is 0 Å². The van der Waals surface area contributed by atoms with Gasteiger partial charge in [0.15, 0.2) is 13.7 Å². The smallest absolute Gasteiger partial charge is 0.392 e. The molecule has 1 aliphatic rings. The van der Waals surface area contributed by atoms with Crippen molar-refractivity contribution in [2.75, 3.05) is 10.6 Å².